The van der Waals surface area contributed by atoms with Crippen LogP contribution in [0.2, 0.25) is 5.02 Å². The van der Waals surface area contributed by atoms with E-state index in [-0.39, 0.29) is 5.25 Å². The third kappa shape index (κ3) is 3.57. The molecule has 0 bridgehead atoms. The minimum absolute atomic E-state index is 0.206. The Balaban J connectivity index is 1.78. The molecule has 6 heteroatoms. The van der Waals surface area contributed by atoms with Crippen LogP contribution in [0.25, 0.3) is 5.82 Å². The smallest absolute Gasteiger partial charge is 0.175 e. The zero-order chi connectivity index (χ0) is 16.4. The number of thioether (sulfide) groups is 1. The molecule has 23 heavy (non-hydrogen) atoms. The first-order valence-electron chi connectivity index (χ1n) is 7.33. The molecule has 1 atom stereocenters. The predicted octanol–water partition coefficient (Wildman–Crippen LogP) is 4.79. The number of hydrogen-bond acceptors (Lipinski definition) is 4. The molecule has 0 aliphatic carbocycles. The lowest BCUT2D eigenvalue weighted by Crippen LogP contribution is -2.03. The van der Waals surface area contributed by atoms with Crippen molar-refractivity contribution in [3.05, 3.63) is 64.4 Å². The lowest BCUT2D eigenvalue weighted by atomic mass is 10.2. The molecule has 1 aromatic carbocycles. The van der Waals surface area contributed by atoms with Gasteiger partial charge in [-0.2, -0.15) is 5.10 Å². The molecule has 0 aliphatic rings. The molecule has 3 aromatic rings. The molecule has 118 valence electrons. The first-order chi connectivity index (χ1) is 11.0. The van der Waals surface area contributed by atoms with Gasteiger partial charge < -0.3 is 0 Å². The van der Waals surface area contributed by atoms with Crippen molar-refractivity contribution in [2.75, 3.05) is 0 Å². The molecular formula is C17H17ClN4S. The van der Waals surface area contributed by atoms with Crippen LogP contribution in [-0.2, 0) is 0 Å². The summed E-state index contributed by atoms with van der Waals surface area (Å²) in [4.78, 5) is 0. The third-order valence-corrected chi connectivity index (χ3v) is 4.90. The zero-order valence-electron chi connectivity index (χ0n) is 13.2. The maximum Gasteiger partial charge on any atom is 0.175 e. The topological polar surface area (TPSA) is 43.6 Å². The first-order valence-corrected chi connectivity index (χ1v) is 8.59. The molecule has 0 amide bonds. The highest BCUT2D eigenvalue weighted by molar-refractivity contribution is 7.99. The van der Waals surface area contributed by atoms with Crippen molar-refractivity contribution >= 4 is 23.4 Å². The molecule has 0 aliphatic heterocycles. The quantitative estimate of drug-likeness (QED) is 0.638. The van der Waals surface area contributed by atoms with Gasteiger partial charge in [0, 0.05) is 16.0 Å². The summed E-state index contributed by atoms with van der Waals surface area (Å²) in [5, 5.41) is 14.9. The van der Waals surface area contributed by atoms with Crippen LogP contribution in [0.15, 0.2) is 47.5 Å². The van der Waals surface area contributed by atoms with E-state index >= 15 is 0 Å². The van der Waals surface area contributed by atoms with Crippen molar-refractivity contribution in [3.63, 3.8) is 0 Å². The Morgan fingerprint density at radius 1 is 1.09 bits per heavy atom. The van der Waals surface area contributed by atoms with Crippen LogP contribution in [0.3, 0.4) is 0 Å². The summed E-state index contributed by atoms with van der Waals surface area (Å²) in [6.45, 7) is 6.08. The van der Waals surface area contributed by atoms with Gasteiger partial charge in [0.15, 0.2) is 5.82 Å². The third-order valence-electron chi connectivity index (χ3n) is 3.49. The van der Waals surface area contributed by atoms with Crippen molar-refractivity contribution < 1.29 is 0 Å². The lowest BCUT2D eigenvalue weighted by Gasteiger charge is -2.12. The largest absolute Gasteiger partial charge is 0.218 e. The maximum atomic E-state index is 6.25. The van der Waals surface area contributed by atoms with Gasteiger partial charge >= 0.3 is 0 Å². The van der Waals surface area contributed by atoms with Gasteiger partial charge in [0.25, 0.3) is 0 Å². The van der Waals surface area contributed by atoms with Crippen molar-refractivity contribution in [1.29, 1.82) is 0 Å². The summed E-state index contributed by atoms with van der Waals surface area (Å²) in [7, 11) is 0. The Bertz CT molecular complexity index is 814. The molecule has 2 aromatic heterocycles. The van der Waals surface area contributed by atoms with E-state index in [1.807, 2.05) is 56.3 Å². The number of benzene rings is 1. The van der Waals surface area contributed by atoms with Gasteiger partial charge in [-0.05, 0) is 50.6 Å². The molecule has 3 rings (SSSR count). The lowest BCUT2D eigenvalue weighted by molar-refractivity contribution is 0.765. The van der Waals surface area contributed by atoms with Crippen LogP contribution in [0, 0.1) is 13.8 Å². The van der Waals surface area contributed by atoms with E-state index in [1.54, 1.807) is 16.4 Å². The summed E-state index contributed by atoms with van der Waals surface area (Å²) in [5.41, 5.74) is 3.11. The highest BCUT2D eigenvalue weighted by atomic mass is 35.5. The Hall–Kier alpha value is -1.85. The monoisotopic (exact) mass is 344 g/mol. The minimum Gasteiger partial charge on any atom is -0.218 e. The van der Waals surface area contributed by atoms with Gasteiger partial charge in [0.1, 0.15) is 5.03 Å². The van der Waals surface area contributed by atoms with Gasteiger partial charge in [0.2, 0.25) is 0 Å². The van der Waals surface area contributed by atoms with Crippen LogP contribution < -0.4 is 0 Å². The Morgan fingerprint density at radius 3 is 2.48 bits per heavy atom. The number of aryl methyl sites for hydroxylation is 2. The summed E-state index contributed by atoms with van der Waals surface area (Å²) in [5.74, 6) is 0.727. The second-order valence-electron chi connectivity index (χ2n) is 5.35. The molecule has 0 spiro atoms. The molecule has 0 fully saturated rings. The van der Waals surface area contributed by atoms with Gasteiger partial charge in [0.05, 0.1) is 5.69 Å². The molecule has 0 radical (unpaired) electrons. The van der Waals surface area contributed by atoms with E-state index in [9.17, 15) is 0 Å². The highest BCUT2D eigenvalue weighted by Crippen LogP contribution is 2.36. The summed E-state index contributed by atoms with van der Waals surface area (Å²) >= 11 is 7.89. The molecule has 0 saturated carbocycles. The van der Waals surface area contributed by atoms with Crippen LogP contribution >= 0.6 is 23.4 Å². The van der Waals surface area contributed by atoms with E-state index in [0.717, 1.165) is 32.8 Å². The standard InChI is InChI=1S/C17H17ClN4S/c1-11-10-12(2)22(21-11)16-8-9-17(20-19-16)23-13(3)14-6-4-5-7-15(14)18/h4-10,13H,1-3H3/t13-/m0/s1. The number of rotatable bonds is 4. The Kier molecular flexibility index (Phi) is 4.68. The fourth-order valence-electron chi connectivity index (χ4n) is 2.40. The number of halogens is 1. The molecule has 4 nitrogen and oxygen atoms in total. The van der Waals surface area contributed by atoms with E-state index in [1.165, 1.54) is 0 Å². The Labute approximate surface area is 144 Å². The van der Waals surface area contributed by atoms with Crippen molar-refractivity contribution in [2.45, 2.75) is 31.0 Å². The summed E-state index contributed by atoms with van der Waals surface area (Å²) in [6.07, 6.45) is 0. The SMILES string of the molecule is Cc1cc(C)n(-c2ccc(S[C@@H](C)c3ccccc3Cl)nn2)n1. The van der Waals surface area contributed by atoms with Crippen LogP contribution in [0.1, 0.15) is 29.1 Å². The van der Waals surface area contributed by atoms with Gasteiger partial charge in [-0.3, -0.25) is 0 Å². The highest BCUT2D eigenvalue weighted by Gasteiger charge is 2.12. The fourth-order valence-corrected chi connectivity index (χ4v) is 3.69. The predicted molar refractivity (Wildman–Crippen MR) is 94.4 cm³/mol. The second kappa shape index (κ2) is 6.72. The normalized spacial score (nSPS) is 12.3. The molecule has 0 unspecified atom stereocenters. The van der Waals surface area contributed by atoms with E-state index < -0.39 is 0 Å². The van der Waals surface area contributed by atoms with Gasteiger partial charge in [-0.15, -0.1) is 10.2 Å². The summed E-state index contributed by atoms with van der Waals surface area (Å²) < 4.78 is 1.80. The molecular weight excluding hydrogens is 328 g/mol. The van der Waals surface area contributed by atoms with E-state index in [2.05, 4.69) is 22.2 Å². The number of hydrogen-bond donors (Lipinski definition) is 0. The number of nitrogens with zero attached hydrogens (tertiary/aromatic N) is 4. The number of aromatic nitrogens is 4. The molecule has 2 heterocycles. The van der Waals surface area contributed by atoms with Crippen LogP contribution in [0.4, 0.5) is 0 Å². The molecule has 0 N–H and O–H groups in total. The maximum absolute atomic E-state index is 6.25. The van der Waals surface area contributed by atoms with E-state index in [4.69, 9.17) is 11.6 Å². The van der Waals surface area contributed by atoms with Gasteiger partial charge in [-0.25, -0.2) is 4.68 Å². The van der Waals surface area contributed by atoms with Crippen molar-refractivity contribution in [1.82, 2.24) is 20.0 Å². The first kappa shape index (κ1) is 16.0. The van der Waals surface area contributed by atoms with Crippen LogP contribution in [-0.4, -0.2) is 20.0 Å². The Morgan fingerprint density at radius 2 is 1.87 bits per heavy atom. The average Bonchev–Trinajstić information content (AvgIpc) is 2.87. The minimum atomic E-state index is 0.206. The van der Waals surface area contributed by atoms with Gasteiger partial charge in [-0.1, -0.05) is 41.6 Å². The van der Waals surface area contributed by atoms with Crippen molar-refractivity contribution in [2.24, 2.45) is 0 Å². The van der Waals surface area contributed by atoms with E-state index in [0.29, 0.717) is 0 Å². The van der Waals surface area contributed by atoms with Crippen LogP contribution in [0.5, 0.6) is 0 Å². The zero-order valence-corrected chi connectivity index (χ0v) is 14.8. The van der Waals surface area contributed by atoms with Crippen molar-refractivity contribution in [3.8, 4) is 5.82 Å². The fraction of sp³-hybridized carbons (Fsp3) is 0.235. The second-order valence-corrected chi connectivity index (χ2v) is 7.12. The average molecular weight is 345 g/mol. The summed E-state index contributed by atoms with van der Waals surface area (Å²) in [6, 6.07) is 13.8. The molecule has 0 saturated heterocycles.